The van der Waals surface area contributed by atoms with Gasteiger partial charge in [0.2, 0.25) is 5.91 Å². The molecule has 20 heavy (non-hydrogen) atoms. The van der Waals surface area contributed by atoms with Gasteiger partial charge in [-0.2, -0.15) is 0 Å². The van der Waals surface area contributed by atoms with Crippen LogP contribution in [0, 0.1) is 5.92 Å². The Labute approximate surface area is 126 Å². The lowest BCUT2D eigenvalue weighted by molar-refractivity contribution is -0.131. The Hall–Kier alpha value is -1.10. The van der Waals surface area contributed by atoms with E-state index in [9.17, 15) is 4.79 Å². The molecule has 5 heteroatoms. The maximum absolute atomic E-state index is 12.2. The summed E-state index contributed by atoms with van der Waals surface area (Å²) >= 11 is 0. The van der Waals surface area contributed by atoms with E-state index in [1.54, 1.807) is 4.90 Å². The Morgan fingerprint density at radius 1 is 1.45 bits per heavy atom. The third-order valence-electron chi connectivity index (χ3n) is 3.55. The molecule has 1 aromatic carbocycles. The van der Waals surface area contributed by atoms with Gasteiger partial charge >= 0.3 is 0 Å². The minimum absolute atomic E-state index is 0. The number of halogens is 1. The summed E-state index contributed by atoms with van der Waals surface area (Å²) in [6, 6.07) is 9.42. The first-order chi connectivity index (χ1) is 9.16. The number of hydrogen-bond donors (Lipinski definition) is 1. The number of amides is 1. The molecule has 0 spiro atoms. The molecule has 1 fully saturated rings. The van der Waals surface area contributed by atoms with E-state index < -0.39 is 6.04 Å². The molecule has 2 atom stereocenters. The lowest BCUT2D eigenvalue weighted by Crippen LogP contribution is -2.44. The zero-order valence-corrected chi connectivity index (χ0v) is 12.6. The molecule has 0 radical (unpaired) electrons. The largest absolute Gasteiger partial charge is 0.381 e. The molecule has 1 heterocycles. The van der Waals surface area contributed by atoms with Crippen molar-refractivity contribution < 1.29 is 9.53 Å². The molecule has 1 aliphatic heterocycles. The Balaban J connectivity index is 0.00000200. The van der Waals surface area contributed by atoms with Crippen molar-refractivity contribution in [1.82, 2.24) is 4.90 Å². The minimum atomic E-state index is -0.463. The Kier molecular flexibility index (Phi) is 6.99. The van der Waals surface area contributed by atoms with Gasteiger partial charge in [0, 0.05) is 26.1 Å². The summed E-state index contributed by atoms with van der Waals surface area (Å²) in [6.45, 7) is 2.30. The van der Waals surface area contributed by atoms with E-state index in [-0.39, 0.29) is 18.3 Å². The second kappa shape index (κ2) is 8.25. The zero-order valence-electron chi connectivity index (χ0n) is 11.8. The first-order valence-electron chi connectivity index (χ1n) is 6.79. The highest BCUT2D eigenvalue weighted by Gasteiger charge is 2.23. The van der Waals surface area contributed by atoms with E-state index in [4.69, 9.17) is 10.5 Å². The summed E-state index contributed by atoms with van der Waals surface area (Å²) in [4.78, 5) is 13.9. The van der Waals surface area contributed by atoms with E-state index in [1.807, 2.05) is 37.4 Å². The number of ether oxygens (including phenoxy) is 1. The SMILES string of the molecule is CN(CC1CCOC1)C(=O)[C@@H](N)Cc1ccccc1.Cl. The topological polar surface area (TPSA) is 55.6 Å². The van der Waals surface area contributed by atoms with Crippen LogP contribution in [0.5, 0.6) is 0 Å². The van der Waals surface area contributed by atoms with Gasteiger partial charge in [-0.25, -0.2) is 0 Å². The molecule has 1 unspecified atom stereocenters. The van der Waals surface area contributed by atoms with Gasteiger partial charge in [-0.3, -0.25) is 4.79 Å². The molecule has 4 nitrogen and oxygen atoms in total. The second-order valence-electron chi connectivity index (χ2n) is 5.24. The lowest BCUT2D eigenvalue weighted by atomic mass is 10.0. The molecule has 0 bridgehead atoms. The number of carbonyl (C=O) groups is 1. The number of nitrogens with two attached hydrogens (primary N) is 1. The third kappa shape index (κ3) is 4.78. The fraction of sp³-hybridized carbons (Fsp3) is 0.533. The number of carbonyl (C=O) groups excluding carboxylic acids is 1. The summed E-state index contributed by atoms with van der Waals surface area (Å²) in [7, 11) is 1.82. The maximum atomic E-state index is 12.2. The smallest absolute Gasteiger partial charge is 0.239 e. The van der Waals surface area contributed by atoms with E-state index in [1.165, 1.54) is 0 Å². The molecule has 1 aromatic rings. The first-order valence-corrected chi connectivity index (χ1v) is 6.79. The molecule has 1 amide bonds. The first kappa shape index (κ1) is 17.0. The van der Waals surface area contributed by atoms with Gasteiger partial charge in [0.1, 0.15) is 0 Å². The monoisotopic (exact) mass is 298 g/mol. The maximum Gasteiger partial charge on any atom is 0.239 e. The fourth-order valence-electron chi connectivity index (χ4n) is 2.44. The van der Waals surface area contributed by atoms with Gasteiger partial charge in [-0.15, -0.1) is 12.4 Å². The summed E-state index contributed by atoms with van der Waals surface area (Å²) in [5.41, 5.74) is 7.10. The van der Waals surface area contributed by atoms with Crippen LogP contribution in [0.1, 0.15) is 12.0 Å². The van der Waals surface area contributed by atoms with Crippen LogP contribution in [0.15, 0.2) is 30.3 Å². The Morgan fingerprint density at radius 3 is 2.75 bits per heavy atom. The highest BCUT2D eigenvalue weighted by atomic mass is 35.5. The van der Waals surface area contributed by atoms with Crippen molar-refractivity contribution in [3.63, 3.8) is 0 Å². The molecule has 2 rings (SSSR count). The third-order valence-corrected chi connectivity index (χ3v) is 3.55. The van der Waals surface area contributed by atoms with E-state index in [0.717, 1.165) is 31.7 Å². The van der Waals surface area contributed by atoms with E-state index in [0.29, 0.717) is 12.3 Å². The van der Waals surface area contributed by atoms with Crippen LogP contribution in [0.2, 0.25) is 0 Å². The van der Waals surface area contributed by atoms with Crippen LogP contribution >= 0.6 is 12.4 Å². The number of likely N-dealkylation sites (N-methyl/N-ethyl adjacent to an activating group) is 1. The summed E-state index contributed by atoms with van der Waals surface area (Å²) < 4.78 is 5.32. The Bertz CT molecular complexity index is 408. The van der Waals surface area contributed by atoms with Crippen molar-refractivity contribution in [3.8, 4) is 0 Å². The van der Waals surface area contributed by atoms with Crippen LogP contribution in [0.25, 0.3) is 0 Å². The van der Waals surface area contributed by atoms with Gasteiger partial charge in [-0.1, -0.05) is 30.3 Å². The van der Waals surface area contributed by atoms with Gasteiger partial charge in [0.05, 0.1) is 12.6 Å². The Morgan fingerprint density at radius 2 is 2.15 bits per heavy atom. The summed E-state index contributed by atoms with van der Waals surface area (Å²) in [5, 5.41) is 0. The number of hydrogen-bond acceptors (Lipinski definition) is 3. The molecular formula is C15H23ClN2O2. The molecule has 0 aliphatic carbocycles. The van der Waals surface area contributed by atoms with Crippen molar-refractivity contribution in [2.75, 3.05) is 26.8 Å². The molecule has 112 valence electrons. The molecule has 1 aliphatic rings. The predicted octanol–water partition coefficient (Wildman–Crippen LogP) is 1.47. The quantitative estimate of drug-likeness (QED) is 0.896. The van der Waals surface area contributed by atoms with Crippen LogP contribution in [0.3, 0.4) is 0 Å². The number of rotatable bonds is 5. The predicted molar refractivity (Wildman–Crippen MR) is 81.9 cm³/mol. The van der Waals surface area contributed by atoms with Gasteiger partial charge in [-0.05, 0) is 18.4 Å². The molecule has 1 saturated heterocycles. The van der Waals surface area contributed by atoms with Crippen LogP contribution in [-0.4, -0.2) is 43.7 Å². The van der Waals surface area contributed by atoms with Crippen LogP contribution in [0.4, 0.5) is 0 Å². The summed E-state index contributed by atoms with van der Waals surface area (Å²) in [6.07, 6.45) is 1.62. The molecule has 0 saturated carbocycles. The van der Waals surface area contributed by atoms with Crippen LogP contribution in [-0.2, 0) is 16.0 Å². The van der Waals surface area contributed by atoms with Gasteiger partial charge in [0.15, 0.2) is 0 Å². The van der Waals surface area contributed by atoms with Gasteiger partial charge < -0.3 is 15.4 Å². The molecule has 2 N–H and O–H groups in total. The fourth-order valence-corrected chi connectivity index (χ4v) is 2.44. The lowest BCUT2D eigenvalue weighted by Gasteiger charge is -2.23. The van der Waals surface area contributed by atoms with Crippen molar-refractivity contribution in [2.24, 2.45) is 11.7 Å². The number of benzene rings is 1. The van der Waals surface area contributed by atoms with E-state index >= 15 is 0 Å². The van der Waals surface area contributed by atoms with Crippen molar-refractivity contribution >= 4 is 18.3 Å². The van der Waals surface area contributed by atoms with Crippen molar-refractivity contribution in [2.45, 2.75) is 18.9 Å². The minimum Gasteiger partial charge on any atom is -0.381 e. The molecule has 0 aromatic heterocycles. The van der Waals surface area contributed by atoms with Gasteiger partial charge in [0.25, 0.3) is 0 Å². The highest BCUT2D eigenvalue weighted by molar-refractivity contribution is 5.85. The standard InChI is InChI=1S/C15H22N2O2.ClH/c1-17(10-13-7-8-19-11-13)15(18)14(16)9-12-5-3-2-4-6-12;/h2-6,13-14H,7-11,16H2,1H3;1H/t13?,14-;/m0./s1. The average molecular weight is 299 g/mol. The highest BCUT2D eigenvalue weighted by Crippen LogP contribution is 2.14. The van der Waals surface area contributed by atoms with E-state index in [2.05, 4.69) is 0 Å². The van der Waals surface area contributed by atoms with Crippen LogP contribution < -0.4 is 5.73 Å². The van der Waals surface area contributed by atoms with Crippen molar-refractivity contribution in [1.29, 1.82) is 0 Å². The number of nitrogens with zero attached hydrogens (tertiary/aromatic N) is 1. The summed E-state index contributed by atoms with van der Waals surface area (Å²) in [5.74, 6) is 0.466. The zero-order chi connectivity index (χ0) is 13.7. The normalized spacial score (nSPS) is 19.2. The second-order valence-corrected chi connectivity index (χ2v) is 5.24. The van der Waals surface area contributed by atoms with Crippen molar-refractivity contribution in [3.05, 3.63) is 35.9 Å². The molecular weight excluding hydrogens is 276 g/mol. The average Bonchev–Trinajstić information content (AvgIpc) is 2.91.